The Labute approximate surface area is 168 Å². The third kappa shape index (κ3) is 3.65. The first-order valence-corrected chi connectivity index (χ1v) is 10.8. The first-order valence-electron chi connectivity index (χ1n) is 9.57. The van der Waals surface area contributed by atoms with Crippen molar-refractivity contribution in [3.05, 3.63) is 59.9 Å². The van der Waals surface area contributed by atoms with E-state index >= 15 is 0 Å². The van der Waals surface area contributed by atoms with Gasteiger partial charge in [0.25, 0.3) is 0 Å². The molecule has 0 bridgehead atoms. The first-order chi connectivity index (χ1) is 13.6. The van der Waals surface area contributed by atoms with Crippen molar-refractivity contribution in [3.63, 3.8) is 0 Å². The zero-order chi connectivity index (χ0) is 19.7. The van der Waals surface area contributed by atoms with Crippen molar-refractivity contribution < 1.29 is 14.0 Å². The van der Waals surface area contributed by atoms with Crippen molar-refractivity contribution in [2.75, 3.05) is 24.2 Å². The summed E-state index contributed by atoms with van der Waals surface area (Å²) in [5.74, 6) is -0.575. The van der Waals surface area contributed by atoms with Gasteiger partial charge >= 0.3 is 0 Å². The number of anilines is 1. The summed E-state index contributed by atoms with van der Waals surface area (Å²) >= 11 is 1.65. The number of halogens is 1. The highest BCUT2D eigenvalue weighted by Gasteiger charge is 2.40. The van der Waals surface area contributed by atoms with Crippen LogP contribution in [0.3, 0.4) is 0 Å². The Morgan fingerprint density at radius 3 is 2.50 bits per heavy atom. The van der Waals surface area contributed by atoms with Gasteiger partial charge in [0.15, 0.2) is 0 Å². The number of likely N-dealkylation sites (tertiary alicyclic amines) is 1. The van der Waals surface area contributed by atoms with Crippen molar-refractivity contribution >= 4 is 29.3 Å². The Hall–Kier alpha value is -2.34. The molecule has 146 valence electrons. The van der Waals surface area contributed by atoms with Gasteiger partial charge in [0.2, 0.25) is 11.8 Å². The minimum absolute atomic E-state index is 0.00668. The van der Waals surface area contributed by atoms with Crippen LogP contribution in [0.1, 0.15) is 30.9 Å². The van der Waals surface area contributed by atoms with Crippen LogP contribution in [-0.2, 0) is 9.59 Å². The Morgan fingerprint density at radius 2 is 1.82 bits per heavy atom. The number of carbonyl (C=O) groups excluding carboxylic acids is 2. The number of hydrogen-bond donors (Lipinski definition) is 0. The van der Waals surface area contributed by atoms with Gasteiger partial charge in [-0.25, -0.2) is 4.39 Å². The van der Waals surface area contributed by atoms with E-state index in [4.69, 9.17) is 0 Å². The van der Waals surface area contributed by atoms with Crippen LogP contribution < -0.4 is 4.90 Å². The highest BCUT2D eigenvalue weighted by molar-refractivity contribution is 7.98. The van der Waals surface area contributed by atoms with Crippen LogP contribution in [0.25, 0.3) is 0 Å². The molecule has 6 heteroatoms. The molecule has 2 unspecified atom stereocenters. The molecule has 0 aliphatic carbocycles. The number of rotatable bonds is 4. The fraction of sp³-hybridized carbons (Fsp3) is 0.364. The summed E-state index contributed by atoms with van der Waals surface area (Å²) in [4.78, 5) is 30.5. The summed E-state index contributed by atoms with van der Waals surface area (Å²) in [5, 5.41) is 0. The van der Waals surface area contributed by atoms with Crippen LogP contribution in [0.4, 0.5) is 10.1 Å². The van der Waals surface area contributed by atoms with Gasteiger partial charge in [-0.2, -0.15) is 0 Å². The summed E-state index contributed by atoms with van der Waals surface area (Å²) in [6, 6.07) is 14.2. The number of amides is 2. The quantitative estimate of drug-likeness (QED) is 0.723. The maximum Gasteiger partial charge on any atom is 0.228 e. The molecule has 0 N–H and O–H groups in total. The van der Waals surface area contributed by atoms with E-state index in [1.54, 1.807) is 28.8 Å². The molecule has 28 heavy (non-hydrogen) atoms. The van der Waals surface area contributed by atoms with Gasteiger partial charge in [0.1, 0.15) is 5.82 Å². The lowest BCUT2D eigenvalue weighted by Gasteiger charge is -2.27. The van der Waals surface area contributed by atoms with Gasteiger partial charge < -0.3 is 9.80 Å². The second kappa shape index (κ2) is 7.95. The average molecular weight is 399 g/mol. The number of thioether (sulfide) groups is 1. The molecule has 2 amide bonds. The highest BCUT2D eigenvalue weighted by atomic mass is 32.2. The van der Waals surface area contributed by atoms with Crippen LogP contribution >= 0.6 is 11.8 Å². The molecule has 2 aliphatic rings. The summed E-state index contributed by atoms with van der Waals surface area (Å²) in [6.07, 6.45) is 4.06. The molecule has 2 atom stereocenters. The van der Waals surface area contributed by atoms with Crippen molar-refractivity contribution in [1.29, 1.82) is 0 Å². The van der Waals surface area contributed by atoms with E-state index in [-0.39, 0.29) is 36.0 Å². The highest BCUT2D eigenvalue weighted by Crippen LogP contribution is 2.35. The molecule has 0 aromatic heterocycles. The molecular formula is C22H23FN2O2S. The van der Waals surface area contributed by atoms with Gasteiger partial charge in [0, 0.05) is 30.1 Å². The first kappa shape index (κ1) is 19.0. The number of benzene rings is 2. The van der Waals surface area contributed by atoms with Gasteiger partial charge in [-0.3, -0.25) is 9.59 Å². The van der Waals surface area contributed by atoms with Gasteiger partial charge in [-0.05, 0) is 61.1 Å². The summed E-state index contributed by atoms with van der Waals surface area (Å²) < 4.78 is 13.2. The normalized spacial score (nSPS) is 22.1. The fourth-order valence-corrected chi connectivity index (χ4v) is 4.59. The topological polar surface area (TPSA) is 40.6 Å². The van der Waals surface area contributed by atoms with E-state index in [9.17, 15) is 14.0 Å². The number of hydrogen-bond acceptors (Lipinski definition) is 3. The molecule has 0 spiro atoms. The van der Waals surface area contributed by atoms with E-state index in [1.165, 1.54) is 12.1 Å². The van der Waals surface area contributed by atoms with Crippen LogP contribution in [0.5, 0.6) is 0 Å². The molecule has 2 fully saturated rings. The van der Waals surface area contributed by atoms with Gasteiger partial charge in [-0.15, -0.1) is 11.8 Å². The molecule has 2 heterocycles. The van der Waals surface area contributed by atoms with Gasteiger partial charge in [-0.1, -0.05) is 12.1 Å². The van der Waals surface area contributed by atoms with E-state index in [0.717, 1.165) is 29.0 Å². The van der Waals surface area contributed by atoms with Crippen LogP contribution in [-0.4, -0.2) is 36.1 Å². The molecule has 2 aromatic carbocycles. The van der Waals surface area contributed by atoms with Crippen molar-refractivity contribution in [1.82, 2.24) is 4.90 Å². The Bertz CT molecular complexity index is 869. The predicted octanol–water partition coefficient (Wildman–Crippen LogP) is 4.26. The lowest BCUT2D eigenvalue weighted by Crippen LogP contribution is -2.37. The Morgan fingerprint density at radius 1 is 1.11 bits per heavy atom. The van der Waals surface area contributed by atoms with Gasteiger partial charge in [0.05, 0.1) is 12.0 Å². The van der Waals surface area contributed by atoms with Crippen LogP contribution in [0.15, 0.2) is 53.4 Å². The minimum atomic E-state index is -0.325. The summed E-state index contributed by atoms with van der Waals surface area (Å²) in [5.41, 5.74) is 1.80. The zero-order valence-corrected chi connectivity index (χ0v) is 16.6. The summed E-state index contributed by atoms with van der Waals surface area (Å²) in [7, 11) is 0. The maximum absolute atomic E-state index is 13.2. The SMILES string of the molecule is CSc1ccc(N2CC(C(=O)N3CCCC3c3ccc(F)cc3)CC2=O)cc1. The summed E-state index contributed by atoms with van der Waals surface area (Å²) in [6.45, 7) is 1.11. The average Bonchev–Trinajstić information content (AvgIpc) is 3.35. The third-order valence-electron chi connectivity index (χ3n) is 5.65. The van der Waals surface area contributed by atoms with Crippen LogP contribution in [0, 0.1) is 11.7 Å². The van der Waals surface area contributed by atoms with E-state index in [2.05, 4.69) is 0 Å². The molecule has 2 aliphatic heterocycles. The molecule has 2 aromatic rings. The predicted molar refractivity (Wildman–Crippen MR) is 109 cm³/mol. The molecule has 4 nitrogen and oxygen atoms in total. The molecule has 2 saturated heterocycles. The minimum Gasteiger partial charge on any atom is -0.335 e. The van der Waals surface area contributed by atoms with E-state index < -0.39 is 0 Å². The van der Waals surface area contributed by atoms with Crippen molar-refractivity contribution in [2.24, 2.45) is 5.92 Å². The third-order valence-corrected chi connectivity index (χ3v) is 6.39. The largest absolute Gasteiger partial charge is 0.335 e. The smallest absolute Gasteiger partial charge is 0.228 e. The number of carbonyl (C=O) groups is 2. The standard InChI is InChI=1S/C22H23FN2O2S/c1-28-19-10-8-18(9-11-19)25-14-16(13-21(25)26)22(27)24-12-2-3-20(24)15-4-6-17(23)7-5-15/h4-11,16,20H,2-3,12-14H2,1H3. The fourth-order valence-electron chi connectivity index (χ4n) is 4.18. The van der Waals surface area contributed by atoms with Crippen molar-refractivity contribution in [3.8, 4) is 0 Å². The molecular weight excluding hydrogens is 375 g/mol. The zero-order valence-electron chi connectivity index (χ0n) is 15.8. The lowest BCUT2D eigenvalue weighted by atomic mass is 10.0. The van der Waals surface area contributed by atoms with E-state index in [0.29, 0.717) is 13.1 Å². The number of nitrogens with zero attached hydrogens (tertiary/aromatic N) is 2. The van der Waals surface area contributed by atoms with Crippen LogP contribution in [0.2, 0.25) is 0 Å². The Balaban J connectivity index is 1.48. The van der Waals surface area contributed by atoms with Crippen molar-refractivity contribution in [2.45, 2.75) is 30.2 Å². The lowest BCUT2D eigenvalue weighted by molar-refractivity contribution is -0.136. The molecule has 0 radical (unpaired) electrons. The maximum atomic E-state index is 13.2. The second-order valence-electron chi connectivity index (χ2n) is 7.34. The van der Waals surface area contributed by atoms with E-state index in [1.807, 2.05) is 35.4 Å². The molecule has 0 saturated carbocycles. The second-order valence-corrected chi connectivity index (χ2v) is 8.22. The monoisotopic (exact) mass is 398 g/mol. The molecule has 4 rings (SSSR count). The Kier molecular flexibility index (Phi) is 5.40.